The second kappa shape index (κ2) is 8.14. The molecule has 0 saturated carbocycles. The first kappa shape index (κ1) is 19.9. The van der Waals surface area contributed by atoms with Gasteiger partial charge in [-0.2, -0.15) is 0 Å². The number of rotatable bonds is 7. The molecule has 0 unspecified atom stereocenters. The van der Waals surface area contributed by atoms with Crippen molar-refractivity contribution < 1.29 is 14.3 Å². The lowest BCUT2D eigenvalue weighted by atomic mass is 10.1. The van der Waals surface area contributed by atoms with Crippen molar-refractivity contribution in [3.8, 4) is 0 Å². The van der Waals surface area contributed by atoms with Crippen LogP contribution < -0.4 is 10.3 Å². The summed E-state index contributed by atoms with van der Waals surface area (Å²) in [4.78, 5) is 32.6. The van der Waals surface area contributed by atoms with Crippen LogP contribution in [0.25, 0.3) is 21.9 Å². The van der Waals surface area contributed by atoms with Gasteiger partial charge in [0.1, 0.15) is 24.5 Å². The van der Waals surface area contributed by atoms with Gasteiger partial charge in [-0.05, 0) is 36.9 Å². The second-order valence-electron chi connectivity index (χ2n) is 7.04. The zero-order chi connectivity index (χ0) is 20.5. The maximum Gasteiger partial charge on any atom is 0.198 e. The number of hydrogen-bond acceptors (Lipinski definition) is 7. The molecule has 0 amide bonds. The number of aldehydes is 1. The monoisotopic (exact) mass is 413 g/mol. The largest absolute Gasteiger partial charge is 0.377 e. The lowest BCUT2D eigenvalue weighted by Gasteiger charge is -2.37. The van der Waals surface area contributed by atoms with Crippen molar-refractivity contribution in [1.29, 1.82) is 0 Å². The smallest absolute Gasteiger partial charge is 0.198 e. The summed E-state index contributed by atoms with van der Waals surface area (Å²) >= 11 is 1.57. The number of anilines is 1. The van der Waals surface area contributed by atoms with Crippen LogP contribution in [-0.2, 0) is 20.8 Å². The average Bonchev–Trinajstić information content (AvgIpc) is 2.69. The molecule has 1 aliphatic heterocycles. The van der Waals surface area contributed by atoms with Gasteiger partial charge >= 0.3 is 0 Å². The number of carbonyl (C=O) groups excluding carboxylic acids is 1. The molecule has 3 aromatic rings. The van der Waals surface area contributed by atoms with Gasteiger partial charge in [-0.25, -0.2) is 4.98 Å². The van der Waals surface area contributed by atoms with Crippen LogP contribution in [0.2, 0.25) is 0 Å². The fourth-order valence-electron chi connectivity index (χ4n) is 3.77. The molecular weight excluding hydrogens is 390 g/mol. The third kappa shape index (κ3) is 3.31. The first-order valence-corrected chi connectivity index (χ1v) is 10.6. The molecule has 2 aromatic heterocycles. The van der Waals surface area contributed by atoms with E-state index in [0.29, 0.717) is 42.2 Å². The summed E-state index contributed by atoms with van der Waals surface area (Å²) in [5.74, 6) is 0.699. The van der Waals surface area contributed by atoms with Crippen molar-refractivity contribution in [2.24, 2.45) is 0 Å². The van der Waals surface area contributed by atoms with Crippen molar-refractivity contribution in [2.75, 3.05) is 38.2 Å². The molecule has 4 rings (SSSR count). The van der Waals surface area contributed by atoms with Crippen LogP contribution >= 0.6 is 11.8 Å². The van der Waals surface area contributed by atoms with Gasteiger partial charge < -0.3 is 23.7 Å². The quantitative estimate of drug-likeness (QED) is 0.255. The summed E-state index contributed by atoms with van der Waals surface area (Å²) in [5, 5.41) is 1.10. The molecule has 152 valence electrons. The number of fused-ring (bicyclic) bond motifs is 2. The molecule has 0 aliphatic carbocycles. The van der Waals surface area contributed by atoms with Crippen LogP contribution in [0.1, 0.15) is 5.56 Å². The van der Waals surface area contributed by atoms with Crippen LogP contribution in [0.3, 0.4) is 0 Å². The molecule has 1 aromatic carbocycles. The minimum absolute atomic E-state index is 0.0724. The standard InChI is InChI=1S/C21H23N3O4S/c1-13-4-5-15-18(20(13)29-3)23(8-9-25)21-16(19(15)26)6-7-17(22-21)24(12-27-2)14-10-28-11-14/h4-7,9,14H,8,10-12H2,1-3H3. The minimum Gasteiger partial charge on any atom is -0.377 e. The summed E-state index contributed by atoms with van der Waals surface area (Å²) in [7, 11) is 1.64. The number of carbonyl (C=O) groups is 1. The molecule has 1 fully saturated rings. The molecule has 1 aliphatic rings. The molecule has 29 heavy (non-hydrogen) atoms. The molecular formula is C21H23N3O4S. The zero-order valence-electron chi connectivity index (χ0n) is 16.7. The Bertz CT molecular complexity index is 1140. The fraction of sp³-hybridized carbons (Fsp3) is 0.381. The van der Waals surface area contributed by atoms with E-state index in [0.717, 1.165) is 22.3 Å². The average molecular weight is 413 g/mol. The first-order chi connectivity index (χ1) is 14.1. The number of hydrogen-bond donors (Lipinski definition) is 0. The molecule has 0 N–H and O–H groups in total. The number of thioether (sulfide) groups is 1. The Morgan fingerprint density at radius 1 is 1.31 bits per heavy atom. The summed E-state index contributed by atoms with van der Waals surface area (Å²) in [6.45, 7) is 3.71. The van der Waals surface area contributed by atoms with Crippen molar-refractivity contribution in [3.05, 3.63) is 40.1 Å². The van der Waals surface area contributed by atoms with Gasteiger partial charge in [0.05, 0.1) is 36.7 Å². The van der Waals surface area contributed by atoms with Crippen LogP contribution in [0.4, 0.5) is 5.82 Å². The second-order valence-corrected chi connectivity index (χ2v) is 7.85. The molecule has 8 heteroatoms. The Kier molecular flexibility index (Phi) is 5.58. The van der Waals surface area contributed by atoms with Crippen molar-refractivity contribution in [2.45, 2.75) is 24.4 Å². The van der Waals surface area contributed by atoms with Crippen LogP contribution in [0.5, 0.6) is 0 Å². The van der Waals surface area contributed by atoms with Gasteiger partial charge in [-0.15, -0.1) is 11.8 Å². The van der Waals surface area contributed by atoms with Crippen LogP contribution in [-0.4, -0.2) is 55.2 Å². The normalized spacial score (nSPS) is 14.3. The van der Waals surface area contributed by atoms with E-state index in [-0.39, 0.29) is 18.0 Å². The number of benzene rings is 1. The number of methoxy groups -OCH3 is 1. The highest BCUT2D eigenvalue weighted by molar-refractivity contribution is 7.98. The van der Waals surface area contributed by atoms with E-state index in [1.165, 1.54) is 0 Å². The maximum absolute atomic E-state index is 13.2. The van der Waals surface area contributed by atoms with Gasteiger partial charge in [0.15, 0.2) is 5.43 Å². The summed E-state index contributed by atoms with van der Waals surface area (Å²) in [6.07, 6.45) is 2.82. The highest BCUT2D eigenvalue weighted by Crippen LogP contribution is 2.31. The number of ether oxygens (including phenoxy) is 2. The minimum atomic E-state index is -0.0724. The molecule has 0 atom stereocenters. The summed E-state index contributed by atoms with van der Waals surface area (Å²) in [6, 6.07) is 7.59. The topological polar surface area (TPSA) is 73.7 Å². The third-order valence-electron chi connectivity index (χ3n) is 5.29. The van der Waals surface area contributed by atoms with Gasteiger partial charge in [0.2, 0.25) is 0 Å². The molecule has 7 nitrogen and oxygen atoms in total. The molecule has 0 bridgehead atoms. The Balaban J connectivity index is 2.04. The molecule has 3 heterocycles. The number of aromatic nitrogens is 2. The van der Waals surface area contributed by atoms with E-state index in [1.807, 2.05) is 40.8 Å². The van der Waals surface area contributed by atoms with Gasteiger partial charge in [0.25, 0.3) is 0 Å². The van der Waals surface area contributed by atoms with Gasteiger partial charge in [0, 0.05) is 17.4 Å². The van der Waals surface area contributed by atoms with Crippen LogP contribution in [0.15, 0.2) is 34.0 Å². The van der Waals surface area contributed by atoms with Gasteiger partial charge in [-0.3, -0.25) is 4.79 Å². The predicted molar refractivity (Wildman–Crippen MR) is 115 cm³/mol. The Morgan fingerprint density at radius 3 is 2.69 bits per heavy atom. The van der Waals surface area contributed by atoms with Gasteiger partial charge in [-0.1, -0.05) is 6.07 Å². The highest BCUT2D eigenvalue weighted by Gasteiger charge is 2.28. The predicted octanol–water partition coefficient (Wildman–Crippen LogP) is 2.59. The third-order valence-corrected chi connectivity index (χ3v) is 6.21. The van der Waals surface area contributed by atoms with E-state index in [1.54, 1.807) is 24.9 Å². The lowest BCUT2D eigenvalue weighted by molar-refractivity contribution is -0.108. The summed E-state index contributed by atoms with van der Waals surface area (Å²) in [5.41, 5.74) is 2.26. The summed E-state index contributed by atoms with van der Waals surface area (Å²) < 4.78 is 12.5. The Hall–Kier alpha value is -2.42. The SMILES string of the molecule is COCN(c1ccc2c(=O)c3ccc(C)c(SC)c3n(CC=O)c2n1)C1COC1. The van der Waals surface area contributed by atoms with Crippen molar-refractivity contribution >= 4 is 45.8 Å². The van der Waals surface area contributed by atoms with Crippen LogP contribution in [0, 0.1) is 6.92 Å². The number of aryl methyl sites for hydroxylation is 1. The van der Waals surface area contributed by atoms with Crippen molar-refractivity contribution in [3.63, 3.8) is 0 Å². The number of pyridine rings is 2. The Morgan fingerprint density at radius 2 is 2.07 bits per heavy atom. The zero-order valence-corrected chi connectivity index (χ0v) is 17.5. The van der Waals surface area contributed by atoms with E-state index in [4.69, 9.17) is 14.5 Å². The number of nitrogens with zero attached hydrogens (tertiary/aromatic N) is 3. The first-order valence-electron chi connectivity index (χ1n) is 9.38. The molecule has 0 spiro atoms. The fourth-order valence-corrected chi connectivity index (χ4v) is 4.57. The molecule has 1 saturated heterocycles. The maximum atomic E-state index is 13.2. The van der Waals surface area contributed by atoms with E-state index >= 15 is 0 Å². The Labute approximate surface area is 172 Å². The van der Waals surface area contributed by atoms with E-state index < -0.39 is 0 Å². The lowest BCUT2D eigenvalue weighted by Crippen LogP contribution is -2.50. The van der Waals surface area contributed by atoms with E-state index in [2.05, 4.69) is 0 Å². The van der Waals surface area contributed by atoms with Crippen molar-refractivity contribution in [1.82, 2.24) is 9.55 Å². The molecule has 0 radical (unpaired) electrons. The highest BCUT2D eigenvalue weighted by atomic mass is 32.2. The van der Waals surface area contributed by atoms with E-state index in [9.17, 15) is 9.59 Å².